The van der Waals surface area contributed by atoms with Crippen LogP contribution in [0.1, 0.15) is 22.0 Å². The van der Waals surface area contributed by atoms with Gasteiger partial charge >= 0.3 is 0 Å². The molecular weight excluding hydrogens is 326 g/mol. The van der Waals surface area contributed by atoms with E-state index in [9.17, 15) is 4.79 Å². The van der Waals surface area contributed by atoms with Crippen LogP contribution in [-0.2, 0) is 0 Å². The first kappa shape index (κ1) is 16.5. The van der Waals surface area contributed by atoms with Gasteiger partial charge in [-0.05, 0) is 24.7 Å². The second kappa shape index (κ2) is 7.09. The van der Waals surface area contributed by atoms with Gasteiger partial charge in [0.15, 0.2) is 0 Å². The van der Waals surface area contributed by atoms with E-state index in [4.69, 9.17) is 0 Å². The molecule has 1 aliphatic heterocycles. The number of hydrogen-bond acceptors (Lipinski definition) is 4. The maximum Gasteiger partial charge on any atom is 0.255 e. The molecule has 0 N–H and O–H groups in total. The molecule has 3 heterocycles. The van der Waals surface area contributed by atoms with Crippen molar-refractivity contribution in [2.45, 2.75) is 6.04 Å². The third-order valence-corrected chi connectivity index (χ3v) is 4.88. The number of pyridine rings is 1. The largest absolute Gasteiger partial charge is 0.335 e. The molecule has 0 radical (unpaired) electrons. The molecule has 6 nitrogen and oxygen atoms in total. The normalized spacial score (nSPS) is 18.0. The van der Waals surface area contributed by atoms with Crippen molar-refractivity contribution in [1.29, 1.82) is 0 Å². The highest BCUT2D eigenvalue weighted by Crippen LogP contribution is 2.24. The van der Waals surface area contributed by atoms with Gasteiger partial charge < -0.3 is 4.90 Å². The standard InChI is InChI=1S/C20H21N5O/c1-23-11-12-24(14-18(23)16-5-3-2-4-6-16)20(26)17-7-8-19(22-13-17)25-10-9-21-15-25/h2-10,13,15,18H,11-12,14H2,1H3/t18-/m1/s1. The molecule has 0 unspecified atom stereocenters. The van der Waals surface area contributed by atoms with E-state index in [1.807, 2.05) is 46.0 Å². The first-order valence-electron chi connectivity index (χ1n) is 8.71. The Morgan fingerprint density at radius 3 is 2.65 bits per heavy atom. The minimum atomic E-state index is 0.0312. The first-order chi connectivity index (χ1) is 12.7. The van der Waals surface area contributed by atoms with Crippen LogP contribution in [-0.4, -0.2) is 56.9 Å². The lowest BCUT2D eigenvalue weighted by molar-refractivity contribution is 0.0546. The predicted octanol–water partition coefficient (Wildman–Crippen LogP) is 2.40. The molecule has 1 amide bonds. The molecule has 3 aromatic rings. The fourth-order valence-electron chi connectivity index (χ4n) is 3.34. The molecule has 1 fully saturated rings. The highest BCUT2D eigenvalue weighted by atomic mass is 16.2. The van der Waals surface area contributed by atoms with Crippen LogP contribution in [0.15, 0.2) is 67.4 Å². The molecule has 1 aliphatic rings. The predicted molar refractivity (Wildman–Crippen MR) is 99.1 cm³/mol. The van der Waals surface area contributed by atoms with E-state index in [0.717, 1.165) is 18.9 Å². The monoisotopic (exact) mass is 347 g/mol. The number of hydrogen-bond donors (Lipinski definition) is 0. The van der Waals surface area contributed by atoms with Gasteiger partial charge in [0.25, 0.3) is 5.91 Å². The molecule has 2 aromatic heterocycles. The fraction of sp³-hybridized carbons (Fsp3) is 0.250. The highest BCUT2D eigenvalue weighted by molar-refractivity contribution is 5.94. The third-order valence-electron chi connectivity index (χ3n) is 4.88. The topological polar surface area (TPSA) is 54.3 Å². The number of amides is 1. The maximum absolute atomic E-state index is 12.9. The summed E-state index contributed by atoms with van der Waals surface area (Å²) in [5, 5.41) is 0. The Morgan fingerprint density at radius 1 is 1.12 bits per heavy atom. The number of benzene rings is 1. The van der Waals surface area contributed by atoms with Crippen LogP contribution >= 0.6 is 0 Å². The Labute approximate surface area is 152 Å². The molecular formula is C20H21N5O. The van der Waals surface area contributed by atoms with Crippen molar-refractivity contribution >= 4 is 5.91 Å². The molecule has 0 saturated carbocycles. The maximum atomic E-state index is 12.9. The van der Waals surface area contributed by atoms with Gasteiger partial charge in [-0.3, -0.25) is 14.3 Å². The third kappa shape index (κ3) is 3.23. The van der Waals surface area contributed by atoms with Crippen LogP contribution in [0.4, 0.5) is 0 Å². The summed E-state index contributed by atoms with van der Waals surface area (Å²) in [6.07, 6.45) is 6.87. The van der Waals surface area contributed by atoms with E-state index >= 15 is 0 Å². The molecule has 1 atom stereocenters. The van der Waals surface area contributed by atoms with Crippen molar-refractivity contribution in [2.75, 3.05) is 26.7 Å². The lowest BCUT2D eigenvalue weighted by Crippen LogP contribution is -2.49. The van der Waals surface area contributed by atoms with Gasteiger partial charge in [0, 0.05) is 38.2 Å². The minimum absolute atomic E-state index is 0.0312. The van der Waals surface area contributed by atoms with Crippen LogP contribution < -0.4 is 0 Å². The second-order valence-electron chi connectivity index (χ2n) is 6.53. The lowest BCUT2D eigenvalue weighted by atomic mass is 10.0. The van der Waals surface area contributed by atoms with E-state index in [0.29, 0.717) is 12.1 Å². The summed E-state index contributed by atoms with van der Waals surface area (Å²) in [6, 6.07) is 14.2. The quantitative estimate of drug-likeness (QED) is 0.730. The zero-order valence-electron chi connectivity index (χ0n) is 14.7. The van der Waals surface area contributed by atoms with Gasteiger partial charge in [-0.15, -0.1) is 0 Å². The Hall–Kier alpha value is -2.99. The van der Waals surface area contributed by atoms with Crippen LogP contribution in [0.5, 0.6) is 0 Å². The van der Waals surface area contributed by atoms with Crippen molar-refractivity contribution < 1.29 is 4.79 Å². The summed E-state index contributed by atoms with van der Waals surface area (Å²) in [4.78, 5) is 25.6. The van der Waals surface area contributed by atoms with Crippen molar-refractivity contribution in [2.24, 2.45) is 0 Å². The minimum Gasteiger partial charge on any atom is -0.335 e. The molecule has 1 saturated heterocycles. The molecule has 6 heteroatoms. The average Bonchev–Trinajstić information content (AvgIpc) is 3.23. The molecule has 0 aliphatic carbocycles. The van der Waals surface area contributed by atoms with Crippen molar-refractivity contribution in [3.63, 3.8) is 0 Å². The fourth-order valence-corrected chi connectivity index (χ4v) is 3.34. The first-order valence-corrected chi connectivity index (χ1v) is 8.71. The number of aromatic nitrogens is 3. The van der Waals surface area contributed by atoms with Crippen LogP contribution in [0.2, 0.25) is 0 Å². The van der Waals surface area contributed by atoms with Crippen LogP contribution in [0.3, 0.4) is 0 Å². The summed E-state index contributed by atoms with van der Waals surface area (Å²) < 4.78 is 1.82. The lowest BCUT2D eigenvalue weighted by Gasteiger charge is -2.39. The number of carbonyl (C=O) groups excluding carboxylic acids is 1. The summed E-state index contributed by atoms with van der Waals surface area (Å²) in [7, 11) is 2.11. The van der Waals surface area contributed by atoms with Crippen molar-refractivity contribution in [1.82, 2.24) is 24.3 Å². The summed E-state index contributed by atoms with van der Waals surface area (Å²) in [5.74, 6) is 0.781. The van der Waals surface area contributed by atoms with Gasteiger partial charge in [-0.1, -0.05) is 30.3 Å². The average molecular weight is 347 g/mol. The summed E-state index contributed by atoms with van der Waals surface area (Å²) in [5.41, 5.74) is 1.85. The van der Waals surface area contributed by atoms with E-state index in [-0.39, 0.29) is 11.9 Å². The van der Waals surface area contributed by atoms with Gasteiger partial charge in [0.05, 0.1) is 11.6 Å². The molecule has 4 rings (SSSR count). The SMILES string of the molecule is CN1CCN(C(=O)c2ccc(-n3ccnc3)nc2)C[C@@H]1c1ccccc1. The number of imidazole rings is 1. The Balaban J connectivity index is 1.51. The van der Waals surface area contributed by atoms with Crippen molar-refractivity contribution in [3.05, 3.63) is 78.5 Å². The van der Waals surface area contributed by atoms with Gasteiger partial charge in [0.2, 0.25) is 0 Å². The Kier molecular flexibility index (Phi) is 4.50. The van der Waals surface area contributed by atoms with E-state index < -0.39 is 0 Å². The second-order valence-corrected chi connectivity index (χ2v) is 6.53. The van der Waals surface area contributed by atoms with E-state index in [1.165, 1.54) is 5.56 Å². The zero-order chi connectivity index (χ0) is 17.9. The van der Waals surface area contributed by atoms with Gasteiger partial charge in [-0.2, -0.15) is 0 Å². The number of nitrogens with zero attached hydrogens (tertiary/aromatic N) is 5. The van der Waals surface area contributed by atoms with E-state index in [1.54, 1.807) is 18.7 Å². The zero-order valence-corrected chi connectivity index (χ0v) is 14.7. The summed E-state index contributed by atoms with van der Waals surface area (Å²) >= 11 is 0. The molecule has 1 aromatic carbocycles. The summed E-state index contributed by atoms with van der Waals surface area (Å²) in [6.45, 7) is 2.26. The molecule has 0 spiro atoms. The smallest absolute Gasteiger partial charge is 0.255 e. The van der Waals surface area contributed by atoms with Crippen LogP contribution in [0.25, 0.3) is 5.82 Å². The molecule has 0 bridgehead atoms. The van der Waals surface area contributed by atoms with Gasteiger partial charge in [-0.25, -0.2) is 9.97 Å². The van der Waals surface area contributed by atoms with Crippen molar-refractivity contribution in [3.8, 4) is 5.82 Å². The Morgan fingerprint density at radius 2 is 1.96 bits per heavy atom. The van der Waals surface area contributed by atoms with E-state index in [2.05, 4.69) is 34.0 Å². The highest BCUT2D eigenvalue weighted by Gasteiger charge is 2.28. The Bertz CT molecular complexity index is 861. The number of piperazine rings is 1. The number of rotatable bonds is 3. The van der Waals surface area contributed by atoms with Gasteiger partial charge in [0.1, 0.15) is 12.1 Å². The molecule has 132 valence electrons. The van der Waals surface area contributed by atoms with Crippen LogP contribution in [0, 0.1) is 0 Å². The number of likely N-dealkylation sites (N-methyl/N-ethyl adjacent to an activating group) is 1. The number of carbonyl (C=O) groups is 1. The molecule has 26 heavy (non-hydrogen) atoms.